The van der Waals surface area contributed by atoms with Crippen molar-refractivity contribution in [3.05, 3.63) is 29.3 Å². The van der Waals surface area contributed by atoms with Gasteiger partial charge in [-0.05, 0) is 30.0 Å². The smallest absolute Gasteiger partial charge is 0.336 e. The molecular weight excluding hydrogens is 178 g/mol. The molecule has 1 aliphatic rings. The molecule has 0 saturated carbocycles. The van der Waals surface area contributed by atoms with Gasteiger partial charge in [0.2, 0.25) is 0 Å². The first-order valence-corrected chi connectivity index (χ1v) is 4.77. The van der Waals surface area contributed by atoms with Crippen molar-refractivity contribution < 1.29 is 9.90 Å². The number of fused-ring (bicyclic) bond motifs is 1. The van der Waals surface area contributed by atoms with E-state index in [9.17, 15) is 4.79 Å². The number of anilines is 1. The third-order valence-corrected chi connectivity index (χ3v) is 2.60. The van der Waals surface area contributed by atoms with E-state index in [-0.39, 0.29) is 0 Å². The number of carboxylic acids is 1. The molecule has 0 spiro atoms. The van der Waals surface area contributed by atoms with Crippen LogP contribution >= 0.6 is 0 Å². The van der Waals surface area contributed by atoms with Crippen LogP contribution in [0.3, 0.4) is 0 Å². The van der Waals surface area contributed by atoms with Gasteiger partial charge in [0, 0.05) is 12.2 Å². The van der Waals surface area contributed by atoms with E-state index in [4.69, 9.17) is 5.11 Å². The van der Waals surface area contributed by atoms with Gasteiger partial charge in [0.1, 0.15) is 0 Å². The normalized spacial score (nSPS) is 19.6. The van der Waals surface area contributed by atoms with Gasteiger partial charge in [-0.3, -0.25) is 0 Å². The van der Waals surface area contributed by atoms with Crippen molar-refractivity contribution in [2.75, 3.05) is 11.9 Å². The fraction of sp³-hybridized carbons (Fsp3) is 0.364. The number of hydrogen-bond donors (Lipinski definition) is 2. The average Bonchev–Trinajstić information content (AvgIpc) is 2.16. The van der Waals surface area contributed by atoms with Crippen LogP contribution in [-0.2, 0) is 6.42 Å². The summed E-state index contributed by atoms with van der Waals surface area (Å²) < 4.78 is 0. The van der Waals surface area contributed by atoms with E-state index in [1.165, 1.54) is 0 Å². The van der Waals surface area contributed by atoms with E-state index in [0.717, 1.165) is 24.2 Å². The minimum absolute atomic E-state index is 0.432. The molecule has 0 aliphatic carbocycles. The van der Waals surface area contributed by atoms with E-state index in [2.05, 4.69) is 12.2 Å². The largest absolute Gasteiger partial charge is 0.478 e. The van der Waals surface area contributed by atoms with Crippen molar-refractivity contribution in [1.82, 2.24) is 0 Å². The highest BCUT2D eigenvalue weighted by Gasteiger charge is 2.19. The number of carboxylic acid groups (broad SMARTS) is 1. The molecule has 0 fully saturated rings. The maximum Gasteiger partial charge on any atom is 0.336 e. The van der Waals surface area contributed by atoms with Crippen molar-refractivity contribution in [3.8, 4) is 0 Å². The summed E-state index contributed by atoms with van der Waals surface area (Å²) in [5.41, 5.74) is 2.35. The molecule has 0 amide bonds. The lowest BCUT2D eigenvalue weighted by atomic mass is 9.92. The second-order valence-electron chi connectivity index (χ2n) is 3.83. The Bertz CT molecular complexity index is 374. The summed E-state index contributed by atoms with van der Waals surface area (Å²) in [5, 5.41) is 12.2. The van der Waals surface area contributed by atoms with Crippen molar-refractivity contribution in [2.24, 2.45) is 5.92 Å². The minimum atomic E-state index is -0.835. The van der Waals surface area contributed by atoms with Gasteiger partial charge >= 0.3 is 5.97 Å². The molecular formula is C11H13NO2. The Labute approximate surface area is 82.8 Å². The third-order valence-electron chi connectivity index (χ3n) is 2.60. The molecule has 1 unspecified atom stereocenters. The van der Waals surface area contributed by atoms with Crippen LogP contribution in [0.15, 0.2) is 18.2 Å². The SMILES string of the molecule is CC1CNc2cccc(C(=O)O)c2C1. The molecule has 2 N–H and O–H groups in total. The molecule has 74 valence electrons. The Morgan fingerprint density at radius 3 is 3.07 bits per heavy atom. The van der Waals surface area contributed by atoms with Gasteiger partial charge < -0.3 is 10.4 Å². The molecule has 1 atom stereocenters. The van der Waals surface area contributed by atoms with Crippen molar-refractivity contribution >= 4 is 11.7 Å². The van der Waals surface area contributed by atoms with E-state index < -0.39 is 5.97 Å². The van der Waals surface area contributed by atoms with Gasteiger partial charge in [-0.2, -0.15) is 0 Å². The lowest BCUT2D eigenvalue weighted by Gasteiger charge is -2.24. The lowest BCUT2D eigenvalue weighted by molar-refractivity contribution is 0.0695. The number of rotatable bonds is 1. The molecule has 3 nitrogen and oxygen atoms in total. The van der Waals surface area contributed by atoms with Crippen LogP contribution in [0.4, 0.5) is 5.69 Å². The summed E-state index contributed by atoms with van der Waals surface area (Å²) in [6.45, 7) is 3.05. The molecule has 2 rings (SSSR count). The zero-order valence-corrected chi connectivity index (χ0v) is 8.08. The quantitative estimate of drug-likeness (QED) is 0.713. The molecule has 0 bridgehead atoms. The van der Waals surface area contributed by atoms with Gasteiger partial charge in [-0.25, -0.2) is 4.79 Å². The Kier molecular flexibility index (Phi) is 2.15. The van der Waals surface area contributed by atoms with E-state index in [1.54, 1.807) is 12.1 Å². The predicted octanol–water partition coefficient (Wildman–Crippen LogP) is 1.99. The summed E-state index contributed by atoms with van der Waals surface area (Å²) in [5.74, 6) is -0.333. The first-order valence-electron chi connectivity index (χ1n) is 4.77. The molecule has 1 aromatic rings. The number of aromatic carboxylic acids is 1. The van der Waals surface area contributed by atoms with Crippen molar-refractivity contribution in [3.63, 3.8) is 0 Å². The van der Waals surface area contributed by atoms with E-state index >= 15 is 0 Å². The fourth-order valence-electron chi connectivity index (χ4n) is 1.88. The monoisotopic (exact) mass is 191 g/mol. The van der Waals surface area contributed by atoms with Crippen LogP contribution in [0.1, 0.15) is 22.8 Å². The maximum atomic E-state index is 11.0. The molecule has 0 radical (unpaired) electrons. The predicted molar refractivity (Wildman–Crippen MR) is 54.8 cm³/mol. The van der Waals surface area contributed by atoms with E-state index in [0.29, 0.717) is 11.5 Å². The average molecular weight is 191 g/mol. The van der Waals surface area contributed by atoms with Crippen LogP contribution in [-0.4, -0.2) is 17.6 Å². The molecule has 14 heavy (non-hydrogen) atoms. The highest BCUT2D eigenvalue weighted by Crippen LogP contribution is 2.27. The Morgan fingerprint density at radius 1 is 1.57 bits per heavy atom. The first-order chi connectivity index (χ1) is 6.68. The molecule has 1 aliphatic heterocycles. The zero-order valence-electron chi connectivity index (χ0n) is 8.08. The summed E-state index contributed by atoms with van der Waals surface area (Å²) in [4.78, 5) is 11.0. The maximum absolute atomic E-state index is 11.0. The van der Waals surface area contributed by atoms with Gasteiger partial charge in [-0.15, -0.1) is 0 Å². The number of benzene rings is 1. The summed E-state index contributed by atoms with van der Waals surface area (Å²) in [6, 6.07) is 5.39. The van der Waals surface area contributed by atoms with Crippen molar-refractivity contribution in [1.29, 1.82) is 0 Å². The van der Waals surface area contributed by atoms with Crippen LogP contribution in [0, 0.1) is 5.92 Å². The molecule has 0 aromatic heterocycles. The number of carbonyl (C=O) groups is 1. The topological polar surface area (TPSA) is 49.3 Å². The zero-order chi connectivity index (χ0) is 10.1. The summed E-state index contributed by atoms with van der Waals surface area (Å²) in [7, 11) is 0. The van der Waals surface area contributed by atoms with Crippen LogP contribution in [0.25, 0.3) is 0 Å². The molecule has 3 heteroatoms. The second kappa shape index (κ2) is 3.33. The highest BCUT2D eigenvalue weighted by molar-refractivity contribution is 5.91. The van der Waals surface area contributed by atoms with Gasteiger partial charge in [0.05, 0.1) is 5.56 Å². The first kappa shape index (κ1) is 9.06. The Morgan fingerprint density at radius 2 is 2.36 bits per heavy atom. The second-order valence-corrected chi connectivity index (χ2v) is 3.83. The van der Waals surface area contributed by atoms with Crippen LogP contribution in [0.2, 0.25) is 0 Å². The standard InChI is InChI=1S/C11H13NO2/c1-7-5-9-8(11(13)14)3-2-4-10(9)12-6-7/h2-4,7,12H,5-6H2,1H3,(H,13,14). The Hall–Kier alpha value is -1.51. The van der Waals surface area contributed by atoms with Gasteiger partial charge in [-0.1, -0.05) is 13.0 Å². The number of hydrogen-bond acceptors (Lipinski definition) is 2. The third kappa shape index (κ3) is 1.45. The van der Waals surface area contributed by atoms with Gasteiger partial charge in [0.25, 0.3) is 0 Å². The lowest BCUT2D eigenvalue weighted by Crippen LogP contribution is -2.22. The molecule has 0 saturated heterocycles. The van der Waals surface area contributed by atoms with Crippen LogP contribution < -0.4 is 5.32 Å². The molecule has 1 aromatic carbocycles. The number of nitrogens with one attached hydrogen (secondary N) is 1. The van der Waals surface area contributed by atoms with E-state index in [1.807, 2.05) is 6.07 Å². The van der Waals surface area contributed by atoms with Crippen LogP contribution in [0.5, 0.6) is 0 Å². The van der Waals surface area contributed by atoms with Gasteiger partial charge in [0.15, 0.2) is 0 Å². The summed E-state index contributed by atoms with van der Waals surface area (Å²) in [6.07, 6.45) is 0.852. The Balaban J connectivity index is 2.48. The van der Waals surface area contributed by atoms with Crippen molar-refractivity contribution in [2.45, 2.75) is 13.3 Å². The molecule has 1 heterocycles. The summed E-state index contributed by atoms with van der Waals surface area (Å²) >= 11 is 0. The minimum Gasteiger partial charge on any atom is -0.478 e. The highest BCUT2D eigenvalue weighted by atomic mass is 16.4. The fourth-order valence-corrected chi connectivity index (χ4v) is 1.88.